The number of hydrogen-bond donors (Lipinski definition) is 1. The lowest BCUT2D eigenvalue weighted by Gasteiger charge is -2.38. The summed E-state index contributed by atoms with van der Waals surface area (Å²) in [6, 6.07) is 13.7. The molecule has 0 radical (unpaired) electrons. The molecule has 1 N–H and O–H groups in total. The van der Waals surface area contributed by atoms with Crippen molar-refractivity contribution in [2.75, 3.05) is 26.6 Å². The Hall–Kier alpha value is -2.91. The molecule has 0 unspecified atom stereocenters. The summed E-state index contributed by atoms with van der Waals surface area (Å²) in [5.41, 5.74) is 2.70. The van der Waals surface area contributed by atoms with E-state index in [0.29, 0.717) is 31.1 Å². The lowest BCUT2D eigenvalue weighted by Crippen LogP contribution is -2.44. The normalized spacial score (nSPS) is 16.7. The van der Waals surface area contributed by atoms with Crippen LogP contribution in [0.3, 0.4) is 0 Å². The molecule has 3 heterocycles. The highest BCUT2D eigenvalue weighted by Gasteiger charge is 2.36. The second-order valence-corrected chi connectivity index (χ2v) is 8.97. The Balaban J connectivity index is 1.37. The lowest BCUT2D eigenvalue weighted by molar-refractivity contribution is 0.0486. The fraction of sp³-hybridized carbons (Fsp3) is 0.348. The quantitative estimate of drug-likeness (QED) is 0.578. The summed E-state index contributed by atoms with van der Waals surface area (Å²) in [4.78, 5) is 13.1. The van der Waals surface area contributed by atoms with Gasteiger partial charge >= 0.3 is 0 Å². The summed E-state index contributed by atoms with van der Waals surface area (Å²) in [5, 5.41) is 11.4. The molecule has 0 bridgehead atoms. The maximum absolute atomic E-state index is 13.1. The highest BCUT2D eigenvalue weighted by atomic mass is 79.9. The standard InChI is InChI=1S/C23H23BrN4O4/c1-15-21(26-27-28(15)18-4-2-3-17(24)12-18)22(29)25-13-23(7-9-30-10-8-23)16-5-6-19-20(11-16)32-14-31-19/h2-6,11-12H,7-10,13-14H2,1H3,(H,25,29). The van der Waals surface area contributed by atoms with Crippen molar-refractivity contribution in [2.45, 2.75) is 25.2 Å². The predicted molar refractivity (Wildman–Crippen MR) is 120 cm³/mol. The van der Waals surface area contributed by atoms with Crippen LogP contribution < -0.4 is 14.8 Å². The molecule has 2 aliphatic rings. The lowest BCUT2D eigenvalue weighted by atomic mass is 9.74. The van der Waals surface area contributed by atoms with Gasteiger partial charge in [-0.3, -0.25) is 4.79 Å². The molecule has 0 atom stereocenters. The van der Waals surface area contributed by atoms with Crippen molar-refractivity contribution in [1.29, 1.82) is 0 Å². The van der Waals surface area contributed by atoms with Crippen molar-refractivity contribution >= 4 is 21.8 Å². The predicted octanol–water partition coefficient (Wildman–Crippen LogP) is 3.55. The van der Waals surface area contributed by atoms with Crippen molar-refractivity contribution in [2.24, 2.45) is 0 Å². The number of halogens is 1. The molecule has 1 aromatic heterocycles. The molecule has 1 saturated heterocycles. The summed E-state index contributed by atoms with van der Waals surface area (Å²) >= 11 is 3.47. The van der Waals surface area contributed by atoms with E-state index in [2.05, 4.69) is 37.6 Å². The number of aromatic nitrogens is 3. The molecule has 166 valence electrons. The number of amides is 1. The fourth-order valence-corrected chi connectivity index (χ4v) is 4.67. The Morgan fingerprint density at radius 3 is 2.78 bits per heavy atom. The average molecular weight is 499 g/mol. The van der Waals surface area contributed by atoms with Crippen LogP contribution in [0.25, 0.3) is 5.69 Å². The third-order valence-corrected chi connectivity index (χ3v) is 6.68. The van der Waals surface area contributed by atoms with E-state index in [9.17, 15) is 4.79 Å². The highest BCUT2D eigenvalue weighted by Crippen LogP contribution is 2.40. The number of rotatable bonds is 5. The molecule has 5 rings (SSSR count). The van der Waals surface area contributed by atoms with E-state index in [1.54, 1.807) is 4.68 Å². The van der Waals surface area contributed by atoms with E-state index >= 15 is 0 Å². The van der Waals surface area contributed by atoms with Gasteiger partial charge in [-0.25, -0.2) is 4.68 Å². The number of nitrogens with zero attached hydrogens (tertiary/aromatic N) is 3. The molecular formula is C23H23BrN4O4. The zero-order valence-electron chi connectivity index (χ0n) is 17.6. The van der Waals surface area contributed by atoms with Crippen LogP contribution >= 0.6 is 15.9 Å². The SMILES string of the molecule is Cc1c(C(=O)NCC2(c3ccc4c(c3)OCO4)CCOCC2)nnn1-c1cccc(Br)c1. The van der Waals surface area contributed by atoms with Gasteiger partial charge in [-0.15, -0.1) is 5.10 Å². The summed E-state index contributed by atoms with van der Waals surface area (Å²) in [6.45, 7) is 3.83. The number of hydrogen-bond acceptors (Lipinski definition) is 6. The summed E-state index contributed by atoms with van der Waals surface area (Å²) in [5.74, 6) is 1.25. The molecule has 1 fully saturated rings. The number of benzene rings is 2. The van der Waals surface area contributed by atoms with Crippen molar-refractivity contribution in [3.05, 3.63) is 63.9 Å². The molecule has 3 aromatic rings. The summed E-state index contributed by atoms with van der Waals surface area (Å²) in [7, 11) is 0. The van der Waals surface area contributed by atoms with Gasteiger partial charge in [0.15, 0.2) is 17.2 Å². The van der Waals surface area contributed by atoms with E-state index in [1.165, 1.54) is 0 Å². The van der Waals surface area contributed by atoms with Crippen molar-refractivity contribution in [1.82, 2.24) is 20.3 Å². The molecule has 0 saturated carbocycles. The maximum Gasteiger partial charge on any atom is 0.273 e. The Morgan fingerprint density at radius 1 is 1.16 bits per heavy atom. The van der Waals surface area contributed by atoms with Crippen molar-refractivity contribution in [3.8, 4) is 17.2 Å². The first kappa shape index (κ1) is 21.0. The van der Waals surface area contributed by atoms with Crippen LogP contribution in [0.2, 0.25) is 0 Å². The average Bonchev–Trinajstić information content (AvgIpc) is 3.44. The smallest absolute Gasteiger partial charge is 0.273 e. The molecule has 2 aromatic carbocycles. The Morgan fingerprint density at radius 2 is 1.97 bits per heavy atom. The van der Waals surface area contributed by atoms with Gasteiger partial charge in [0, 0.05) is 29.6 Å². The summed E-state index contributed by atoms with van der Waals surface area (Å²) < 4.78 is 19.2. The van der Waals surface area contributed by atoms with Crippen molar-refractivity contribution < 1.29 is 19.0 Å². The minimum Gasteiger partial charge on any atom is -0.454 e. The van der Waals surface area contributed by atoms with Crippen LogP contribution in [0.5, 0.6) is 11.5 Å². The van der Waals surface area contributed by atoms with Crippen LogP contribution in [0, 0.1) is 6.92 Å². The van der Waals surface area contributed by atoms with Gasteiger partial charge in [-0.1, -0.05) is 33.3 Å². The third kappa shape index (κ3) is 3.86. The van der Waals surface area contributed by atoms with Crippen LogP contribution in [0.15, 0.2) is 46.9 Å². The summed E-state index contributed by atoms with van der Waals surface area (Å²) in [6.07, 6.45) is 1.60. The van der Waals surface area contributed by atoms with Crippen LogP contribution in [0.4, 0.5) is 0 Å². The first-order chi connectivity index (χ1) is 15.6. The van der Waals surface area contributed by atoms with Gasteiger partial charge in [0.1, 0.15) is 0 Å². The van der Waals surface area contributed by atoms with E-state index in [0.717, 1.165) is 40.1 Å². The van der Waals surface area contributed by atoms with Gasteiger partial charge < -0.3 is 19.5 Å². The van der Waals surface area contributed by atoms with E-state index in [-0.39, 0.29) is 18.1 Å². The molecule has 0 spiro atoms. The molecule has 0 aliphatic carbocycles. The molecule has 32 heavy (non-hydrogen) atoms. The van der Waals surface area contributed by atoms with Gasteiger partial charge in [-0.05, 0) is 55.7 Å². The zero-order chi connectivity index (χ0) is 22.1. The Kier molecular flexibility index (Phi) is 5.60. The van der Waals surface area contributed by atoms with Gasteiger partial charge in [-0.2, -0.15) is 0 Å². The van der Waals surface area contributed by atoms with Gasteiger partial charge in [0.25, 0.3) is 5.91 Å². The van der Waals surface area contributed by atoms with Crippen LogP contribution in [-0.4, -0.2) is 47.5 Å². The van der Waals surface area contributed by atoms with E-state index in [4.69, 9.17) is 14.2 Å². The number of fused-ring (bicyclic) bond motifs is 1. The highest BCUT2D eigenvalue weighted by molar-refractivity contribution is 9.10. The van der Waals surface area contributed by atoms with Gasteiger partial charge in [0.2, 0.25) is 6.79 Å². The van der Waals surface area contributed by atoms with Crippen molar-refractivity contribution in [3.63, 3.8) is 0 Å². The number of carbonyl (C=O) groups excluding carboxylic acids is 1. The number of nitrogens with one attached hydrogen (secondary N) is 1. The topological polar surface area (TPSA) is 87.5 Å². The Bertz CT molecular complexity index is 1160. The minimum absolute atomic E-state index is 0.235. The first-order valence-corrected chi connectivity index (χ1v) is 11.3. The monoisotopic (exact) mass is 498 g/mol. The fourth-order valence-electron chi connectivity index (χ4n) is 4.28. The van der Waals surface area contributed by atoms with E-state index < -0.39 is 0 Å². The Labute approximate surface area is 194 Å². The molecule has 9 heteroatoms. The zero-order valence-corrected chi connectivity index (χ0v) is 19.2. The minimum atomic E-state index is -0.247. The molecule has 1 amide bonds. The van der Waals surface area contributed by atoms with Crippen LogP contribution in [0.1, 0.15) is 34.6 Å². The second kappa shape index (κ2) is 8.55. The van der Waals surface area contributed by atoms with Gasteiger partial charge in [0.05, 0.1) is 11.4 Å². The molecule has 8 nitrogen and oxygen atoms in total. The second-order valence-electron chi connectivity index (χ2n) is 8.06. The van der Waals surface area contributed by atoms with E-state index in [1.807, 2.05) is 43.3 Å². The third-order valence-electron chi connectivity index (χ3n) is 6.18. The van der Waals surface area contributed by atoms with Crippen LogP contribution in [-0.2, 0) is 10.2 Å². The molecular weight excluding hydrogens is 476 g/mol. The first-order valence-electron chi connectivity index (χ1n) is 10.5. The number of carbonyl (C=O) groups is 1. The maximum atomic E-state index is 13.1. The number of ether oxygens (including phenoxy) is 3. The molecule has 2 aliphatic heterocycles. The largest absolute Gasteiger partial charge is 0.454 e.